The Hall–Kier alpha value is -1.16. The van der Waals surface area contributed by atoms with E-state index < -0.39 is 0 Å². The Labute approximate surface area is 87.7 Å². The van der Waals surface area contributed by atoms with Gasteiger partial charge in [0.05, 0.1) is 5.56 Å². The molecule has 1 N–H and O–H groups in total. The third-order valence-corrected chi connectivity index (χ3v) is 1.84. The summed E-state index contributed by atoms with van der Waals surface area (Å²) in [4.78, 5) is 18.7. The molecule has 0 saturated carbocycles. The molecule has 0 atom stereocenters. The number of aromatic nitrogens is 2. The maximum absolute atomic E-state index is 10.7. The fraction of sp³-hybridized carbons (Fsp3) is 0.444. The second-order valence-corrected chi connectivity index (χ2v) is 3.60. The highest BCUT2D eigenvalue weighted by molar-refractivity contribution is 6.32. The average Bonchev–Trinajstić information content (AvgIpc) is 2.01. The number of carbonyl (C=O) groups excluding carboxylic acids is 1. The molecule has 0 aliphatic rings. The number of hydrogen-bond acceptors (Lipinski definition) is 4. The number of aryl methyl sites for hydroxylation is 1. The summed E-state index contributed by atoms with van der Waals surface area (Å²) in [5.41, 5.74) is 0.311. The van der Waals surface area contributed by atoms with Crippen molar-refractivity contribution in [3.63, 3.8) is 0 Å². The van der Waals surface area contributed by atoms with Gasteiger partial charge in [-0.2, -0.15) is 0 Å². The molecule has 0 saturated heterocycles. The van der Waals surface area contributed by atoms with Gasteiger partial charge in [0.2, 0.25) is 0 Å². The summed E-state index contributed by atoms with van der Waals surface area (Å²) in [5.74, 6) is 1.04. The Morgan fingerprint density at radius 3 is 2.57 bits per heavy atom. The molecule has 1 heterocycles. The Morgan fingerprint density at radius 2 is 2.07 bits per heavy atom. The normalized spacial score (nSPS) is 10.4. The lowest BCUT2D eigenvalue weighted by Gasteiger charge is -2.11. The van der Waals surface area contributed by atoms with E-state index in [0.29, 0.717) is 23.5 Å². The predicted octanol–water partition coefficient (Wildman–Crippen LogP) is 2.07. The molecule has 1 rings (SSSR count). The number of aldehydes is 1. The molecule has 0 unspecified atom stereocenters. The SMILES string of the molecule is Cc1nc(Cl)c(C=O)c(NC(C)C)n1. The van der Waals surface area contributed by atoms with Crippen LogP contribution < -0.4 is 5.32 Å². The van der Waals surface area contributed by atoms with E-state index in [1.807, 2.05) is 13.8 Å². The fourth-order valence-corrected chi connectivity index (χ4v) is 1.29. The molecule has 5 heteroatoms. The van der Waals surface area contributed by atoms with E-state index in [0.717, 1.165) is 0 Å². The van der Waals surface area contributed by atoms with E-state index in [9.17, 15) is 4.79 Å². The molecule has 0 radical (unpaired) electrons. The van der Waals surface area contributed by atoms with Crippen LogP contribution in [0.25, 0.3) is 0 Å². The van der Waals surface area contributed by atoms with E-state index >= 15 is 0 Å². The van der Waals surface area contributed by atoms with Crippen LogP contribution in [0.4, 0.5) is 5.82 Å². The van der Waals surface area contributed by atoms with Crippen LogP contribution in [0.5, 0.6) is 0 Å². The van der Waals surface area contributed by atoms with Crippen LogP contribution in [0, 0.1) is 6.92 Å². The first-order valence-electron chi connectivity index (χ1n) is 4.30. The van der Waals surface area contributed by atoms with E-state index in [-0.39, 0.29) is 11.2 Å². The second-order valence-electron chi connectivity index (χ2n) is 3.24. The van der Waals surface area contributed by atoms with Gasteiger partial charge < -0.3 is 5.32 Å². The lowest BCUT2D eigenvalue weighted by molar-refractivity contribution is 0.112. The second kappa shape index (κ2) is 4.37. The smallest absolute Gasteiger partial charge is 0.156 e. The molecule has 0 aliphatic carbocycles. The highest BCUT2D eigenvalue weighted by atomic mass is 35.5. The zero-order valence-electron chi connectivity index (χ0n) is 8.34. The lowest BCUT2D eigenvalue weighted by atomic mass is 10.3. The van der Waals surface area contributed by atoms with Crippen LogP contribution in [0.15, 0.2) is 0 Å². The van der Waals surface area contributed by atoms with Crippen LogP contribution in [0.3, 0.4) is 0 Å². The highest BCUT2D eigenvalue weighted by Crippen LogP contribution is 2.19. The molecule has 0 fully saturated rings. The minimum absolute atomic E-state index is 0.190. The van der Waals surface area contributed by atoms with Gasteiger partial charge in [0.1, 0.15) is 16.8 Å². The molecule has 4 nitrogen and oxygen atoms in total. The summed E-state index contributed by atoms with van der Waals surface area (Å²) in [6.07, 6.45) is 0.659. The van der Waals surface area contributed by atoms with Crippen molar-refractivity contribution in [2.45, 2.75) is 26.8 Å². The monoisotopic (exact) mass is 213 g/mol. The number of hydrogen-bond donors (Lipinski definition) is 1. The van der Waals surface area contributed by atoms with Gasteiger partial charge in [0.15, 0.2) is 6.29 Å². The molecule has 76 valence electrons. The van der Waals surface area contributed by atoms with E-state index in [4.69, 9.17) is 11.6 Å². The summed E-state index contributed by atoms with van der Waals surface area (Å²) >= 11 is 5.80. The van der Waals surface area contributed by atoms with Gasteiger partial charge in [0.25, 0.3) is 0 Å². The Morgan fingerprint density at radius 1 is 1.43 bits per heavy atom. The van der Waals surface area contributed by atoms with Crippen molar-refractivity contribution in [2.75, 3.05) is 5.32 Å². The molecule has 1 aromatic heterocycles. The predicted molar refractivity (Wildman–Crippen MR) is 55.9 cm³/mol. The number of carbonyl (C=O) groups is 1. The number of nitrogens with zero attached hydrogens (tertiary/aromatic N) is 2. The van der Waals surface area contributed by atoms with Gasteiger partial charge >= 0.3 is 0 Å². The number of rotatable bonds is 3. The van der Waals surface area contributed by atoms with Gasteiger partial charge in [-0.25, -0.2) is 9.97 Å². The third-order valence-electron chi connectivity index (χ3n) is 1.55. The molecule has 1 aromatic rings. The zero-order valence-corrected chi connectivity index (χ0v) is 9.09. The molecule has 0 aliphatic heterocycles. The average molecular weight is 214 g/mol. The largest absolute Gasteiger partial charge is 0.367 e. The summed E-state index contributed by atoms with van der Waals surface area (Å²) in [6, 6.07) is 0.194. The Balaban J connectivity index is 3.17. The van der Waals surface area contributed by atoms with E-state index in [1.165, 1.54) is 0 Å². The van der Waals surface area contributed by atoms with Crippen molar-refractivity contribution in [2.24, 2.45) is 0 Å². The van der Waals surface area contributed by atoms with Crippen molar-refractivity contribution in [1.29, 1.82) is 0 Å². The van der Waals surface area contributed by atoms with Gasteiger partial charge in [-0.15, -0.1) is 0 Å². The zero-order chi connectivity index (χ0) is 10.7. The molecule has 0 bridgehead atoms. The van der Waals surface area contributed by atoms with E-state index in [2.05, 4.69) is 15.3 Å². The van der Waals surface area contributed by atoms with Crippen LogP contribution in [-0.4, -0.2) is 22.3 Å². The summed E-state index contributed by atoms with van der Waals surface area (Å²) in [5, 5.41) is 3.23. The summed E-state index contributed by atoms with van der Waals surface area (Å²) in [6.45, 7) is 5.64. The first-order chi connectivity index (χ1) is 6.54. The van der Waals surface area contributed by atoms with Crippen LogP contribution >= 0.6 is 11.6 Å². The van der Waals surface area contributed by atoms with Crippen LogP contribution in [-0.2, 0) is 0 Å². The summed E-state index contributed by atoms with van der Waals surface area (Å²) < 4.78 is 0. The van der Waals surface area contributed by atoms with Crippen molar-refractivity contribution in [3.8, 4) is 0 Å². The maximum atomic E-state index is 10.7. The first kappa shape index (κ1) is 10.9. The van der Waals surface area contributed by atoms with Crippen molar-refractivity contribution in [3.05, 3.63) is 16.5 Å². The summed E-state index contributed by atoms with van der Waals surface area (Å²) in [7, 11) is 0. The quantitative estimate of drug-likeness (QED) is 0.617. The maximum Gasteiger partial charge on any atom is 0.156 e. The number of halogens is 1. The van der Waals surface area contributed by atoms with Crippen LogP contribution in [0.1, 0.15) is 30.0 Å². The number of nitrogens with one attached hydrogen (secondary N) is 1. The van der Waals surface area contributed by atoms with Crippen molar-refractivity contribution >= 4 is 23.7 Å². The van der Waals surface area contributed by atoms with Crippen molar-refractivity contribution in [1.82, 2.24) is 9.97 Å². The minimum atomic E-state index is 0.190. The van der Waals surface area contributed by atoms with Crippen LogP contribution in [0.2, 0.25) is 5.15 Å². The Bertz CT molecular complexity index is 352. The number of anilines is 1. The lowest BCUT2D eigenvalue weighted by Crippen LogP contribution is -2.14. The first-order valence-corrected chi connectivity index (χ1v) is 4.68. The van der Waals surface area contributed by atoms with Crippen molar-refractivity contribution < 1.29 is 4.79 Å². The highest BCUT2D eigenvalue weighted by Gasteiger charge is 2.11. The molecular weight excluding hydrogens is 202 g/mol. The van der Waals surface area contributed by atoms with Gasteiger partial charge in [0, 0.05) is 6.04 Å². The van der Waals surface area contributed by atoms with E-state index in [1.54, 1.807) is 6.92 Å². The standard InChI is InChI=1S/C9H12ClN3O/c1-5(2)11-9-7(4-14)8(10)12-6(3)13-9/h4-5H,1-3H3,(H,11,12,13). The molecule has 0 spiro atoms. The third kappa shape index (κ3) is 2.42. The molecular formula is C9H12ClN3O. The van der Waals surface area contributed by atoms with Gasteiger partial charge in [-0.05, 0) is 20.8 Å². The van der Waals surface area contributed by atoms with Gasteiger partial charge in [-0.1, -0.05) is 11.6 Å². The topological polar surface area (TPSA) is 54.9 Å². The Kier molecular flexibility index (Phi) is 3.41. The molecule has 0 amide bonds. The molecule has 0 aromatic carbocycles. The minimum Gasteiger partial charge on any atom is -0.367 e. The molecule has 14 heavy (non-hydrogen) atoms. The van der Waals surface area contributed by atoms with Gasteiger partial charge in [-0.3, -0.25) is 4.79 Å². The fourth-order valence-electron chi connectivity index (χ4n) is 1.03.